The normalized spacial score (nSPS) is 17.5. The smallest absolute Gasteiger partial charge is 0.496 e. The number of halogens is 1. The zero-order valence-corrected chi connectivity index (χ0v) is 17.1. The first-order valence-electron chi connectivity index (χ1n) is 9.16. The zero-order chi connectivity index (χ0) is 20.7. The summed E-state index contributed by atoms with van der Waals surface area (Å²) < 4.78 is 32.4. The fourth-order valence-corrected chi connectivity index (χ4v) is 3.14. The van der Waals surface area contributed by atoms with Gasteiger partial charge in [-0.3, -0.25) is 4.79 Å². The van der Waals surface area contributed by atoms with Gasteiger partial charge in [0.05, 0.1) is 24.0 Å². The molecule has 0 spiro atoms. The predicted octanol–water partition coefficient (Wildman–Crippen LogP) is 3.76. The van der Waals surface area contributed by atoms with Gasteiger partial charge in [0.2, 0.25) is 5.91 Å². The molecule has 0 aliphatic carbocycles. The van der Waals surface area contributed by atoms with Crippen molar-refractivity contribution in [3.63, 3.8) is 0 Å². The number of hydrogen-bond acceptors (Lipinski definition) is 4. The lowest BCUT2D eigenvalue weighted by atomic mass is 9.77. The SMILES string of the molecule is COc1c(B2OC(C)(C)C(C)(C)O2)cccc1-c1ccc(NC(C)=O)c(F)c1. The van der Waals surface area contributed by atoms with Crippen molar-refractivity contribution in [2.45, 2.75) is 45.8 Å². The molecule has 0 saturated carbocycles. The van der Waals surface area contributed by atoms with E-state index in [0.717, 1.165) is 5.46 Å². The number of hydrogen-bond donors (Lipinski definition) is 1. The Labute approximate surface area is 165 Å². The highest BCUT2D eigenvalue weighted by Gasteiger charge is 2.52. The number of para-hydroxylation sites is 1. The van der Waals surface area contributed by atoms with Crippen molar-refractivity contribution in [3.8, 4) is 16.9 Å². The minimum Gasteiger partial charge on any atom is -0.496 e. The van der Waals surface area contributed by atoms with Gasteiger partial charge in [-0.05, 0) is 45.4 Å². The summed E-state index contributed by atoms with van der Waals surface area (Å²) in [5.41, 5.74) is 1.25. The lowest BCUT2D eigenvalue weighted by molar-refractivity contribution is -0.114. The van der Waals surface area contributed by atoms with E-state index in [-0.39, 0.29) is 11.6 Å². The Hall–Kier alpha value is -2.38. The van der Waals surface area contributed by atoms with Crippen LogP contribution in [0.1, 0.15) is 34.6 Å². The molecule has 7 heteroatoms. The van der Waals surface area contributed by atoms with E-state index in [4.69, 9.17) is 14.0 Å². The molecular formula is C21H25BFNO4. The number of benzene rings is 2. The summed E-state index contributed by atoms with van der Waals surface area (Å²) in [6, 6.07) is 10.2. The molecule has 1 amide bonds. The number of rotatable bonds is 4. The molecule has 1 saturated heterocycles. The molecule has 148 valence electrons. The molecule has 1 fully saturated rings. The van der Waals surface area contributed by atoms with Crippen LogP contribution in [-0.4, -0.2) is 31.3 Å². The molecule has 2 aromatic carbocycles. The molecule has 0 atom stereocenters. The number of amides is 1. The molecule has 0 bridgehead atoms. The zero-order valence-electron chi connectivity index (χ0n) is 17.1. The first-order valence-corrected chi connectivity index (χ1v) is 9.16. The number of anilines is 1. The molecule has 5 nitrogen and oxygen atoms in total. The molecular weight excluding hydrogens is 360 g/mol. The molecule has 1 heterocycles. The maximum atomic E-state index is 14.4. The van der Waals surface area contributed by atoms with Crippen LogP contribution in [0.3, 0.4) is 0 Å². The minimum absolute atomic E-state index is 0.136. The summed E-state index contributed by atoms with van der Waals surface area (Å²) in [6.07, 6.45) is 0. The van der Waals surface area contributed by atoms with Gasteiger partial charge in [-0.25, -0.2) is 4.39 Å². The van der Waals surface area contributed by atoms with Crippen LogP contribution < -0.4 is 15.5 Å². The van der Waals surface area contributed by atoms with Crippen molar-refractivity contribution in [2.24, 2.45) is 0 Å². The highest BCUT2D eigenvalue weighted by Crippen LogP contribution is 2.38. The van der Waals surface area contributed by atoms with Crippen LogP contribution in [0.25, 0.3) is 11.1 Å². The summed E-state index contributed by atoms with van der Waals surface area (Å²) in [6.45, 7) is 9.28. The van der Waals surface area contributed by atoms with Crippen molar-refractivity contribution < 1.29 is 23.2 Å². The monoisotopic (exact) mass is 385 g/mol. The van der Waals surface area contributed by atoms with Crippen LogP contribution in [0.4, 0.5) is 10.1 Å². The van der Waals surface area contributed by atoms with Gasteiger partial charge in [-0.2, -0.15) is 0 Å². The second kappa shape index (κ2) is 7.22. The van der Waals surface area contributed by atoms with Crippen LogP contribution >= 0.6 is 0 Å². The molecule has 1 N–H and O–H groups in total. The van der Waals surface area contributed by atoms with E-state index in [1.165, 1.54) is 19.1 Å². The van der Waals surface area contributed by atoms with Gasteiger partial charge in [0.1, 0.15) is 11.6 Å². The molecule has 1 aliphatic heterocycles. The van der Waals surface area contributed by atoms with Gasteiger partial charge in [0, 0.05) is 17.9 Å². The summed E-state index contributed by atoms with van der Waals surface area (Å²) in [4.78, 5) is 11.2. The predicted molar refractivity (Wildman–Crippen MR) is 108 cm³/mol. The van der Waals surface area contributed by atoms with Crippen LogP contribution in [0, 0.1) is 5.82 Å². The maximum absolute atomic E-state index is 14.4. The largest absolute Gasteiger partial charge is 0.498 e. The van der Waals surface area contributed by atoms with Gasteiger partial charge in [-0.1, -0.05) is 24.3 Å². The number of nitrogens with one attached hydrogen (secondary N) is 1. The van der Waals surface area contributed by atoms with Crippen molar-refractivity contribution >= 4 is 24.2 Å². The van der Waals surface area contributed by atoms with Crippen molar-refractivity contribution in [2.75, 3.05) is 12.4 Å². The highest BCUT2D eigenvalue weighted by atomic mass is 19.1. The van der Waals surface area contributed by atoms with E-state index in [2.05, 4.69) is 5.32 Å². The Kier molecular flexibility index (Phi) is 5.25. The standard InChI is InChI=1S/C21H25BFNO4/c1-13(25)24-18-11-10-14(12-17(18)23)15-8-7-9-16(19(15)26-6)22-27-20(2,3)21(4,5)28-22/h7-12H,1-6H3,(H,24,25). The first kappa shape index (κ1) is 20.4. The van der Waals surface area contributed by atoms with Crippen LogP contribution in [0.5, 0.6) is 5.75 Å². The number of carbonyl (C=O) groups is 1. The van der Waals surface area contributed by atoms with Crippen molar-refractivity contribution in [1.29, 1.82) is 0 Å². The van der Waals surface area contributed by atoms with Crippen molar-refractivity contribution in [3.05, 3.63) is 42.2 Å². The quantitative estimate of drug-likeness (QED) is 0.815. The Morgan fingerprint density at radius 1 is 1.11 bits per heavy atom. The number of methoxy groups -OCH3 is 1. The second-order valence-corrected chi connectivity index (χ2v) is 7.89. The van der Waals surface area contributed by atoms with Gasteiger partial charge < -0.3 is 19.4 Å². The Morgan fingerprint density at radius 3 is 2.29 bits per heavy atom. The van der Waals surface area contributed by atoms with E-state index in [9.17, 15) is 9.18 Å². The van der Waals surface area contributed by atoms with E-state index in [0.29, 0.717) is 16.9 Å². The molecule has 2 aromatic rings. The third-order valence-corrected chi connectivity index (χ3v) is 5.35. The fraction of sp³-hybridized carbons (Fsp3) is 0.381. The van der Waals surface area contributed by atoms with E-state index >= 15 is 0 Å². The molecule has 28 heavy (non-hydrogen) atoms. The molecule has 0 aromatic heterocycles. The average molecular weight is 385 g/mol. The van der Waals surface area contributed by atoms with Crippen LogP contribution in [0.2, 0.25) is 0 Å². The van der Waals surface area contributed by atoms with E-state index in [1.807, 2.05) is 45.9 Å². The van der Waals surface area contributed by atoms with Gasteiger partial charge in [0.15, 0.2) is 0 Å². The fourth-order valence-electron chi connectivity index (χ4n) is 3.14. The Morgan fingerprint density at radius 2 is 1.75 bits per heavy atom. The molecule has 1 aliphatic rings. The molecule has 3 rings (SSSR count). The van der Waals surface area contributed by atoms with Gasteiger partial charge >= 0.3 is 7.12 Å². The summed E-state index contributed by atoms with van der Waals surface area (Å²) >= 11 is 0. The third-order valence-electron chi connectivity index (χ3n) is 5.35. The third kappa shape index (κ3) is 3.64. The maximum Gasteiger partial charge on any atom is 0.498 e. The van der Waals surface area contributed by atoms with E-state index < -0.39 is 24.1 Å². The highest BCUT2D eigenvalue weighted by molar-refractivity contribution is 6.63. The average Bonchev–Trinajstić information content (AvgIpc) is 2.83. The summed E-state index contributed by atoms with van der Waals surface area (Å²) in [5, 5.41) is 2.47. The Bertz CT molecular complexity index is 897. The number of carbonyl (C=O) groups excluding carboxylic acids is 1. The first-order chi connectivity index (χ1) is 13.1. The molecule has 0 radical (unpaired) electrons. The van der Waals surface area contributed by atoms with E-state index in [1.54, 1.807) is 13.2 Å². The Balaban J connectivity index is 2.02. The summed E-state index contributed by atoms with van der Waals surface area (Å²) in [7, 11) is 0.971. The number of ether oxygens (including phenoxy) is 1. The van der Waals surface area contributed by atoms with Crippen LogP contribution in [-0.2, 0) is 14.1 Å². The second-order valence-electron chi connectivity index (χ2n) is 7.89. The van der Waals surface area contributed by atoms with Gasteiger partial charge in [-0.15, -0.1) is 0 Å². The van der Waals surface area contributed by atoms with Crippen LogP contribution in [0.15, 0.2) is 36.4 Å². The topological polar surface area (TPSA) is 56.8 Å². The molecule has 0 unspecified atom stereocenters. The lowest BCUT2D eigenvalue weighted by Gasteiger charge is -2.32. The lowest BCUT2D eigenvalue weighted by Crippen LogP contribution is -2.41. The minimum atomic E-state index is -0.594. The summed E-state index contributed by atoms with van der Waals surface area (Å²) in [5.74, 6) is -0.282. The van der Waals surface area contributed by atoms with Gasteiger partial charge in [0.25, 0.3) is 0 Å². The van der Waals surface area contributed by atoms with Crippen molar-refractivity contribution in [1.82, 2.24) is 0 Å².